The molecule has 5 nitrogen and oxygen atoms in total. The van der Waals surface area contributed by atoms with Gasteiger partial charge in [-0.05, 0) is 42.7 Å². The standard InChI is InChI=1S/C22H24N4O/c1-12(2)16-17-19(23)14-10-6-7-11-15(14)24-21(17)27-22-18(16)20(25-26-22)13-8-4-3-5-9-13/h3-5,8-9,12,16H,6-7,10-11H2,1-2H3,(H2,23,24)(H,25,26). The van der Waals surface area contributed by atoms with Crippen LogP contribution in [0.4, 0.5) is 5.69 Å². The molecule has 1 aromatic carbocycles. The summed E-state index contributed by atoms with van der Waals surface area (Å²) in [4.78, 5) is 4.87. The zero-order chi connectivity index (χ0) is 18.5. The number of H-pyrrole nitrogens is 1. The molecule has 5 heteroatoms. The lowest BCUT2D eigenvalue weighted by Gasteiger charge is -2.31. The predicted octanol–water partition coefficient (Wildman–Crippen LogP) is 4.83. The number of pyridine rings is 1. The number of nitrogens with one attached hydrogen (secondary N) is 1. The lowest BCUT2D eigenvalue weighted by Crippen LogP contribution is -2.21. The van der Waals surface area contributed by atoms with Gasteiger partial charge in [-0.1, -0.05) is 44.2 Å². The molecule has 0 bridgehead atoms. The molecule has 3 heterocycles. The molecular formula is C22H24N4O. The maximum absolute atomic E-state index is 6.72. The maximum atomic E-state index is 6.72. The summed E-state index contributed by atoms with van der Waals surface area (Å²) in [7, 11) is 0. The average Bonchev–Trinajstić information content (AvgIpc) is 3.10. The monoisotopic (exact) mass is 360 g/mol. The molecule has 138 valence electrons. The van der Waals surface area contributed by atoms with E-state index in [1.54, 1.807) is 0 Å². The second-order valence-electron chi connectivity index (χ2n) is 7.88. The van der Waals surface area contributed by atoms with Crippen molar-refractivity contribution < 1.29 is 4.74 Å². The minimum atomic E-state index is 0.109. The summed E-state index contributed by atoms with van der Waals surface area (Å²) in [6.07, 6.45) is 4.33. The molecule has 1 atom stereocenters. The van der Waals surface area contributed by atoms with Gasteiger partial charge in [-0.25, -0.2) is 4.98 Å². The number of aryl methyl sites for hydroxylation is 1. The smallest absolute Gasteiger partial charge is 0.244 e. The number of ether oxygens (including phenoxy) is 1. The Hall–Kier alpha value is -2.82. The molecule has 0 saturated carbocycles. The summed E-state index contributed by atoms with van der Waals surface area (Å²) in [5, 5.41) is 7.68. The van der Waals surface area contributed by atoms with E-state index in [9.17, 15) is 0 Å². The average molecular weight is 360 g/mol. The van der Waals surface area contributed by atoms with Crippen LogP contribution in [0.3, 0.4) is 0 Å². The summed E-state index contributed by atoms with van der Waals surface area (Å²) in [6, 6.07) is 10.3. The topological polar surface area (TPSA) is 76.8 Å². The second-order valence-corrected chi connectivity index (χ2v) is 7.88. The SMILES string of the molecule is CC(C)C1c2c(n[nH]c2-c2ccccc2)Oc2nc3c(c(N)c21)CCCC3. The highest BCUT2D eigenvalue weighted by molar-refractivity contribution is 5.73. The fourth-order valence-electron chi connectivity index (χ4n) is 4.57. The molecule has 1 unspecified atom stereocenters. The number of hydrogen-bond acceptors (Lipinski definition) is 4. The van der Waals surface area contributed by atoms with E-state index in [2.05, 4.69) is 36.2 Å². The van der Waals surface area contributed by atoms with Gasteiger partial charge in [0.25, 0.3) is 0 Å². The number of rotatable bonds is 2. The van der Waals surface area contributed by atoms with Crippen LogP contribution >= 0.6 is 0 Å². The third-order valence-corrected chi connectivity index (χ3v) is 5.83. The Balaban J connectivity index is 1.73. The molecule has 3 aromatic rings. The number of aromatic nitrogens is 3. The van der Waals surface area contributed by atoms with Gasteiger partial charge in [0.05, 0.1) is 5.69 Å². The molecule has 0 saturated heterocycles. The second kappa shape index (κ2) is 6.12. The van der Waals surface area contributed by atoms with E-state index < -0.39 is 0 Å². The van der Waals surface area contributed by atoms with E-state index >= 15 is 0 Å². The first-order valence-corrected chi connectivity index (χ1v) is 9.77. The van der Waals surface area contributed by atoms with Gasteiger partial charge in [0.2, 0.25) is 11.8 Å². The van der Waals surface area contributed by atoms with Crippen molar-refractivity contribution in [2.45, 2.75) is 45.4 Å². The number of aromatic amines is 1. The molecule has 2 aromatic heterocycles. The normalized spacial score (nSPS) is 17.8. The summed E-state index contributed by atoms with van der Waals surface area (Å²) in [5.74, 6) is 1.72. The molecule has 3 N–H and O–H groups in total. The van der Waals surface area contributed by atoms with E-state index in [1.807, 2.05) is 18.2 Å². The Labute approximate surface area is 159 Å². The van der Waals surface area contributed by atoms with Crippen LogP contribution in [-0.2, 0) is 12.8 Å². The third kappa shape index (κ3) is 2.45. The van der Waals surface area contributed by atoms with Crippen LogP contribution in [0.1, 0.15) is 55.0 Å². The van der Waals surface area contributed by atoms with E-state index in [-0.39, 0.29) is 5.92 Å². The van der Waals surface area contributed by atoms with Crippen LogP contribution in [0, 0.1) is 5.92 Å². The summed E-state index contributed by atoms with van der Waals surface area (Å²) in [6.45, 7) is 4.45. The van der Waals surface area contributed by atoms with E-state index in [0.29, 0.717) is 17.7 Å². The van der Waals surface area contributed by atoms with Crippen molar-refractivity contribution in [1.29, 1.82) is 0 Å². The summed E-state index contributed by atoms with van der Waals surface area (Å²) < 4.78 is 6.17. The molecule has 2 aliphatic rings. The zero-order valence-corrected chi connectivity index (χ0v) is 15.7. The highest BCUT2D eigenvalue weighted by Gasteiger charge is 2.38. The summed E-state index contributed by atoms with van der Waals surface area (Å²) >= 11 is 0. The van der Waals surface area contributed by atoms with Gasteiger partial charge in [0, 0.05) is 28.4 Å². The molecule has 5 rings (SSSR count). The van der Waals surface area contributed by atoms with Gasteiger partial charge < -0.3 is 10.5 Å². The first kappa shape index (κ1) is 16.4. The molecule has 0 radical (unpaired) electrons. The van der Waals surface area contributed by atoms with Crippen LogP contribution < -0.4 is 10.5 Å². The summed E-state index contributed by atoms with van der Waals surface area (Å²) in [5.41, 5.74) is 14.2. The van der Waals surface area contributed by atoms with Crippen LogP contribution in [0.2, 0.25) is 0 Å². The molecule has 0 amide bonds. The number of fused-ring (bicyclic) bond motifs is 3. The van der Waals surface area contributed by atoms with Crippen LogP contribution in [0.25, 0.3) is 11.3 Å². The van der Waals surface area contributed by atoms with Gasteiger partial charge >= 0.3 is 0 Å². The first-order chi connectivity index (χ1) is 13.1. The number of anilines is 1. The minimum absolute atomic E-state index is 0.109. The lowest BCUT2D eigenvalue weighted by molar-refractivity contribution is 0.390. The van der Waals surface area contributed by atoms with E-state index in [4.69, 9.17) is 15.5 Å². The number of nitrogens with zero attached hydrogens (tertiary/aromatic N) is 2. The van der Waals surface area contributed by atoms with Crippen molar-refractivity contribution in [3.05, 3.63) is 52.7 Å². The van der Waals surface area contributed by atoms with Crippen molar-refractivity contribution in [1.82, 2.24) is 15.2 Å². The van der Waals surface area contributed by atoms with Crippen molar-refractivity contribution >= 4 is 5.69 Å². The Morgan fingerprint density at radius 2 is 1.85 bits per heavy atom. The quantitative estimate of drug-likeness (QED) is 0.686. The van der Waals surface area contributed by atoms with Gasteiger partial charge in [0.15, 0.2) is 0 Å². The predicted molar refractivity (Wildman–Crippen MR) is 106 cm³/mol. The Bertz CT molecular complexity index is 1010. The highest BCUT2D eigenvalue weighted by Crippen LogP contribution is 2.52. The van der Waals surface area contributed by atoms with Crippen LogP contribution in [-0.4, -0.2) is 15.2 Å². The molecule has 1 aliphatic carbocycles. The van der Waals surface area contributed by atoms with Gasteiger partial charge in [0.1, 0.15) is 0 Å². The molecular weight excluding hydrogens is 336 g/mol. The number of benzene rings is 1. The zero-order valence-electron chi connectivity index (χ0n) is 15.7. The molecule has 0 fully saturated rings. The molecule has 1 aliphatic heterocycles. The Morgan fingerprint density at radius 3 is 2.63 bits per heavy atom. The van der Waals surface area contributed by atoms with Gasteiger partial charge in [-0.15, -0.1) is 5.10 Å². The first-order valence-electron chi connectivity index (χ1n) is 9.77. The van der Waals surface area contributed by atoms with Crippen LogP contribution in [0.5, 0.6) is 11.8 Å². The van der Waals surface area contributed by atoms with Crippen molar-refractivity contribution in [2.24, 2.45) is 5.92 Å². The van der Waals surface area contributed by atoms with E-state index in [0.717, 1.165) is 53.0 Å². The van der Waals surface area contributed by atoms with Crippen molar-refractivity contribution in [2.75, 3.05) is 5.73 Å². The third-order valence-electron chi connectivity index (χ3n) is 5.83. The van der Waals surface area contributed by atoms with Gasteiger partial charge in [-0.3, -0.25) is 5.10 Å². The molecule has 27 heavy (non-hydrogen) atoms. The minimum Gasteiger partial charge on any atom is -0.418 e. The fraction of sp³-hybridized carbons (Fsp3) is 0.364. The Morgan fingerprint density at radius 1 is 1.07 bits per heavy atom. The van der Waals surface area contributed by atoms with Gasteiger partial charge in [-0.2, -0.15) is 0 Å². The van der Waals surface area contributed by atoms with Crippen molar-refractivity contribution in [3.8, 4) is 23.0 Å². The Kier molecular flexibility index (Phi) is 3.71. The lowest BCUT2D eigenvalue weighted by atomic mass is 9.78. The number of hydrogen-bond donors (Lipinski definition) is 2. The van der Waals surface area contributed by atoms with Crippen molar-refractivity contribution in [3.63, 3.8) is 0 Å². The highest BCUT2D eigenvalue weighted by atomic mass is 16.5. The van der Waals surface area contributed by atoms with E-state index in [1.165, 1.54) is 12.0 Å². The molecule has 0 spiro atoms. The van der Waals surface area contributed by atoms with Crippen LogP contribution in [0.15, 0.2) is 30.3 Å². The largest absolute Gasteiger partial charge is 0.418 e. The maximum Gasteiger partial charge on any atom is 0.244 e. The fourth-order valence-corrected chi connectivity index (χ4v) is 4.57. The number of nitrogens with two attached hydrogens (primary N) is 1. The number of nitrogen functional groups attached to an aromatic ring is 1.